The Labute approximate surface area is 117 Å². The third-order valence-corrected chi connectivity index (χ3v) is 4.24. The topological polar surface area (TPSA) is 50.7 Å². The number of hydrogen-bond donors (Lipinski definition) is 1. The van der Waals surface area contributed by atoms with E-state index in [4.69, 9.17) is 9.97 Å². The first kappa shape index (κ1) is 12.5. The smallest absolute Gasteiger partial charge is 0.190 e. The molecule has 0 aromatic carbocycles. The van der Waals surface area contributed by atoms with Gasteiger partial charge >= 0.3 is 0 Å². The molecule has 0 saturated heterocycles. The van der Waals surface area contributed by atoms with Crippen LogP contribution in [0.4, 0.5) is 5.82 Å². The van der Waals surface area contributed by atoms with Gasteiger partial charge in [-0.1, -0.05) is 6.92 Å². The molecule has 0 radical (unpaired) electrons. The molecule has 1 aliphatic rings. The summed E-state index contributed by atoms with van der Waals surface area (Å²) in [7, 11) is 0. The summed E-state index contributed by atoms with van der Waals surface area (Å²) >= 11 is 1.62. The van der Waals surface area contributed by atoms with Crippen molar-refractivity contribution < 1.29 is 0 Å². The lowest BCUT2D eigenvalue weighted by atomic mass is 10.2. The normalized spacial score (nSPS) is 13.6. The fourth-order valence-electron chi connectivity index (χ4n) is 2.37. The molecule has 3 rings (SSSR count). The first-order valence-electron chi connectivity index (χ1n) is 6.84. The minimum atomic E-state index is 0.775. The van der Waals surface area contributed by atoms with E-state index >= 15 is 0 Å². The van der Waals surface area contributed by atoms with Crippen LogP contribution >= 0.6 is 11.3 Å². The van der Waals surface area contributed by atoms with Crippen LogP contribution in [0.3, 0.4) is 0 Å². The number of thiazole rings is 1. The molecule has 4 nitrogen and oxygen atoms in total. The standard InChI is InChI=1S/C14H18N4S/c1-3-7-15-12-10-5-4-6-11(10)17-13(18-12)14-16-9(2)8-19-14/h8H,3-7H2,1-2H3,(H,15,17,18). The lowest BCUT2D eigenvalue weighted by Crippen LogP contribution is -2.08. The van der Waals surface area contributed by atoms with Crippen molar-refractivity contribution >= 4 is 17.2 Å². The van der Waals surface area contributed by atoms with Gasteiger partial charge in [0.2, 0.25) is 0 Å². The molecule has 2 heterocycles. The minimum absolute atomic E-state index is 0.775. The van der Waals surface area contributed by atoms with E-state index in [2.05, 4.69) is 17.2 Å². The van der Waals surface area contributed by atoms with Gasteiger partial charge in [-0.05, 0) is 32.6 Å². The Balaban J connectivity index is 2.02. The van der Waals surface area contributed by atoms with Crippen molar-refractivity contribution in [2.45, 2.75) is 39.5 Å². The summed E-state index contributed by atoms with van der Waals surface area (Å²) in [5.74, 6) is 1.80. The van der Waals surface area contributed by atoms with Gasteiger partial charge in [-0.25, -0.2) is 15.0 Å². The Hall–Kier alpha value is -1.49. The molecular formula is C14H18N4S. The molecule has 0 spiro atoms. The van der Waals surface area contributed by atoms with Crippen LogP contribution < -0.4 is 5.32 Å². The zero-order valence-corrected chi connectivity index (χ0v) is 12.2. The predicted octanol–water partition coefficient (Wildman–Crippen LogP) is 3.22. The SMILES string of the molecule is CCCNc1nc(-c2nc(C)cs2)nc2c1CCC2. The summed E-state index contributed by atoms with van der Waals surface area (Å²) in [6, 6.07) is 0. The van der Waals surface area contributed by atoms with Crippen LogP contribution in [-0.4, -0.2) is 21.5 Å². The van der Waals surface area contributed by atoms with E-state index in [9.17, 15) is 0 Å². The van der Waals surface area contributed by atoms with Crippen LogP contribution in [-0.2, 0) is 12.8 Å². The fourth-order valence-corrected chi connectivity index (χ4v) is 3.10. The van der Waals surface area contributed by atoms with E-state index in [1.54, 1.807) is 11.3 Å². The van der Waals surface area contributed by atoms with Gasteiger partial charge in [-0.2, -0.15) is 0 Å². The molecule has 2 aromatic rings. The number of hydrogen-bond acceptors (Lipinski definition) is 5. The molecule has 1 N–H and O–H groups in total. The molecule has 0 amide bonds. The number of rotatable bonds is 4. The minimum Gasteiger partial charge on any atom is -0.370 e. The molecule has 0 saturated carbocycles. The van der Waals surface area contributed by atoms with Crippen LogP contribution in [0.2, 0.25) is 0 Å². The Morgan fingerprint density at radius 1 is 1.26 bits per heavy atom. The Kier molecular flexibility index (Phi) is 3.46. The van der Waals surface area contributed by atoms with Crippen LogP contribution in [0.5, 0.6) is 0 Å². The van der Waals surface area contributed by atoms with Gasteiger partial charge < -0.3 is 5.32 Å². The molecule has 100 valence electrons. The molecule has 5 heteroatoms. The number of aromatic nitrogens is 3. The van der Waals surface area contributed by atoms with E-state index in [0.29, 0.717) is 0 Å². The highest BCUT2D eigenvalue weighted by Gasteiger charge is 2.20. The zero-order valence-electron chi connectivity index (χ0n) is 11.4. The highest BCUT2D eigenvalue weighted by molar-refractivity contribution is 7.13. The number of fused-ring (bicyclic) bond motifs is 1. The number of aryl methyl sites for hydroxylation is 2. The molecule has 0 unspecified atom stereocenters. The monoisotopic (exact) mass is 274 g/mol. The summed E-state index contributed by atoms with van der Waals surface area (Å²) in [6.45, 7) is 5.13. The van der Waals surface area contributed by atoms with Gasteiger partial charge in [0.05, 0.1) is 0 Å². The summed E-state index contributed by atoms with van der Waals surface area (Å²) < 4.78 is 0. The van der Waals surface area contributed by atoms with Gasteiger partial charge in [-0.3, -0.25) is 0 Å². The van der Waals surface area contributed by atoms with E-state index in [0.717, 1.165) is 48.2 Å². The van der Waals surface area contributed by atoms with Crippen molar-refractivity contribution in [3.63, 3.8) is 0 Å². The number of nitrogens with zero attached hydrogens (tertiary/aromatic N) is 3. The maximum Gasteiger partial charge on any atom is 0.190 e. The third-order valence-electron chi connectivity index (χ3n) is 3.29. The summed E-state index contributed by atoms with van der Waals surface area (Å²) in [4.78, 5) is 13.9. The number of nitrogens with one attached hydrogen (secondary N) is 1. The van der Waals surface area contributed by atoms with E-state index in [1.165, 1.54) is 17.7 Å². The lowest BCUT2D eigenvalue weighted by molar-refractivity contribution is 0.899. The molecule has 0 aliphatic heterocycles. The van der Waals surface area contributed by atoms with Gasteiger partial charge in [0, 0.05) is 28.9 Å². The van der Waals surface area contributed by atoms with Crippen LogP contribution in [0.25, 0.3) is 10.8 Å². The maximum absolute atomic E-state index is 4.70. The second kappa shape index (κ2) is 5.25. The van der Waals surface area contributed by atoms with Gasteiger partial charge in [0.25, 0.3) is 0 Å². The molecule has 1 aliphatic carbocycles. The number of anilines is 1. The van der Waals surface area contributed by atoms with Crippen molar-refractivity contribution in [1.29, 1.82) is 0 Å². The lowest BCUT2D eigenvalue weighted by Gasteiger charge is -2.10. The van der Waals surface area contributed by atoms with E-state index < -0.39 is 0 Å². The van der Waals surface area contributed by atoms with Crippen molar-refractivity contribution in [3.8, 4) is 10.8 Å². The van der Waals surface area contributed by atoms with Crippen molar-refractivity contribution in [3.05, 3.63) is 22.3 Å². The quantitative estimate of drug-likeness (QED) is 0.930. The summed E-state index contributed by atoms with van der Waals surface area (Å²) in [5.41, 5.74) is 3.55. The molecule has 0 bridgehead atoms. The fraction of sp³-hybridized carbons (Fsp3) is 0.500. The Bertz CT molecular complexity index is 591. The summed E-state index contributed by atoms with van der Waals surface area (Å²) in [6.07, 6.45) is 4.45. The van der Waals surface area contributed by atoms with Crippen molar-refractivity contribution in [2.75, 3.05) is 11.9 Å². The van der Waals surface area contributed by atoms with Gasteiger partial charge in [0.15, 0.2) is 10.8 Å². The van der Waals surface area contributed by atoms with Crippen molar-refractivity contribution in [2.24, 2.45) is 0 Å². The second-order valence-electron chi connectivity index (χ2n) is 4.90. The zero-order chi connectivity index (χ0) is 13.2. The molecule has 0 fully saturated rings. The molecule has 19 heavy (non-hydrogen) atoms. The largest absolute Gasteiger partial charge is 0.370 e. The predicted molar refractivity (Wildman–Crippen MR) is 78.7 cm³/mol. The van der Waals surface area contributed by atoms with Gasteiger partial charge in [0.1, 0.15) is 5.82 Å². The average molecular weight is 274 g/mol. The summed E-state index contributed by atoms with van der Waals surface area (Å²) in [5, 5.41) is 6.41. The van der Waals surface area contributed by atoms with Gasteiger partial charge in [-0.15, -0.1) is 11.3 Å². The molecular weight excluding hydrogens is 256 g/mol. The molecule has 0 atom stereocenters. The first-order chi connectivity index (χ1) is 9.28. The van der Waals surface area contributed by atoms with E-state index in [-0.39, 0.29) is 0 Å². The highest BCUT2D eigenvalue weighted by Crippen LogP contribution is 2.30. The second-order valence-corrected chi connectivity index (χ2v) is 5.75. The van der Waals surface area contributed by atoms with Crippen LogP contribution in [0.15, 0.2) is 5.38 Å². The first-order valence-corrected chi connectivity index (χ1v) is 7.72. The highest BCUT2D eigenvalue weighted by atomic mass is 32.1. The molecule has 2 aromatic heterocycles. The Morgan fingerprint density at radius 3 is 2.89 bits per heavy atom. The van der Waals surface area contributed by atoms with Crippen LogP contribution in [0.1, 0.15) is 36.7 Å². The average Bonchev–Trinajstić information content (AvgIpc) is 3.03. The van der Waals surface area contributed by atoms with E-state index in [1.807, 2.05) is 12.3 Å². The van der Waals surface area contributed by atoms with Crippen LogP contribution in [0, 0.1) is 6.92 Å². The third kappa shape index (κ3) is 2.47. The maximum atomic E-state index is 4.70. The van der Waals surface area contributed by atoms with Crippen molar-refractivity contribution in [1.82, 2.24) is 15.0 Å². The Morgan fingerprint density at radius 2 is 2.16 bits per heavy atom.